The smallest absolute Gasteiger partial charge is 0.247 e. The maximum atomic E-state index is 12.4. The third kappa shape index (κ3) is 4.15. The summed E-state index contributed by atoms with van der Waals surface area (Å²) in [4.78, 5) is 23.0. The summed E-state index contributed by atoms with van der Waals surface area (Å²) in [5, 5.41) is 15.1. The van der Waals surface area contributed by atoms with E-state index in [0.29, 0.717) is 5.75 Å². The molecule has 0 aliphatic rings. The van der Waals surface area contributed by atoms with Crippen molar-refractivity contribution in [1.82, 2.24) is 9.78 Å². The van der Waals surface area contributed by atoms with E-state index in [9.17, 15) is 14.9 Å². The quantitative estimate of drug-likeness (QED) is 0.603. The van der Waals surface area contributed by atoms with Crippen LogP contribution in [0.5, 0.6) is 5.75 Å². The molecule has 0 amide bonds. The van der Waals surface area contributed by atoms with E-state index in [1.54, 1.807) is 51.3 Å². The number of aryl methyl sites for hydroxylation is 2. The first-order valence-electron chi connectivity index (χ1n) is 7.23. The summed E-state index contributed by atoms with van der Waals surface area (Å²) in [6, 6.07) is 8.77. The number of carbonyl (C=O) groups is 1. The number of nitro groups is 1. The number of hydrogen-bond donors (Lipinski definition) is 0. The molecular formula is C16H19N3O4. The zero-order valence-electron chi connectivity index (χ0n) is 13.4. The number of nitrogens with zero attached hydrogens (tertiary/aromatic N) is 3. The van der Waals surface area contributed by atoms with Gasteiger partial charge in [-0.1, -0.05) is 12.1 Å². The number of benzene rings is 1. The number of rotatable bonds is 6. The molecule has 1 aromatic heterocycles. The SMILES string of the molecule is COc1ccc(C(CC(=O)n2nc(C)cc2C)C[N+](=O)[O-])cc1. The summed E-state index contributed by atoms with van der Waals surface area (Å²) in [5.41, 5.74) is 2.20. The minimum Gasteiger partial charge on any atom is -0.497 e. The molecule has 1 unspecified atom stereocenters. The molecule has 0 bridgehead atoms. The molecule has 0 fully saturated rings. The molecule has 1 aromatic carbocycles. The second-order valence-electron chi connectivity index (χ2n) is 5.42. The van der Waals surface area contributed by atoms with Crippen LogP contribution in [0.2, 0.25) is 0 Å². The van der Waals surface area contributed by atoms with Gasteiger partial charge in [0.05, 0.1) is 18.7 Å². The fraction of sp³-hybridized carbons (Fsp3) is 0.375. The molecule has 0 aliphatic heterocycles. The molecule has 1 heterocycles. The summed E-state index contributed by atoms with van der Waals surface area (Å²) >= 11 is 0. The molecule has 0 saturated heterocycles. The van der Waals surface area contributed by atoms with E-state index in [1.807, 2.05) is 0 Å². The average molecular weight is 317 g/mol. The van der Waals surface area contributed by atoms with Crippen molar-refractivity contribution in [2.75, 3.05) is 13.7 Å². The van der Waals surface area contributed by atoms with Crippen molar-refractivity contribution in [3.63, 3.8) is 0 Å². The van der Waals surface area contributed by atoms with Crippen LogP contribution in [0.15, 0.2) is 30.3 Å². The Hall–Kier alpha value is -2.70. The van der Waals surface area contributed by atoms with Gasteiger partial charge in [0.15, 0.2) is 0 Å². The van der Waals surface area contributed by atoms with Gasteiger partial charge in [0, 0.05) is 17.0 Å². The van der Waals surface area contributed by atoms with Gasteiger partial charge in [-0.15, -0.1) is 0 Å². The Balaban J connectivity index is 2.22. The molecule has 1 atom stereocenters. The van der Waals surface area contributed by atoms with E-state index in [1.165, 1.54) is 4.68 Å². The van der Waals surface area contributed by atoms with Crippen LogP contribution < -0.4 is 4.74 Å². The Kier molecular flexibility index (Phi) is 5.10. The van der Waals surface area contributed by atoms with Crippen LogP contribution in [-0.4, -0.2) is 34.3 Å². The largest absolute Gasteiger partial charge is 0.497 e. The normalized spacial score (nSPS) is 12.0. The zero-order chi connectivity index (χ0) is 17.0. The first-order chi connectivity index (χ1) is 10.9. The first-order valence-corrected chi connectivity index (χ1v) is 7.23. The molecule has 2 aromatic rings. The van der Waals surface area contributed by atoms with Gasteiger partial charge < -0.3 is 4.74 Å². The van der Waals surface area contributed by atoms with Gasteiger partial charge in [0.1, 0.15) is 5.75 Å². The molecule has 0 spiro atoms. The van der Waals surface area contributed by atoms with E-state index >= 15 is 0 Å². The lowest BCUT2D eigenvalue weighted by Gasteiger charge is -2.13. The second kappa shape index (κ2) is 7.04. The molecule has 2 rings (SSSR count). The predicted octanol–water partition coefficient (Wildman–Crippen LogP) is 2.60. The van der Waals surface area contributed by atoms with E-state index in [0.717, 1.165) is 17.0 Å². The van der Waals surface area contributed by atoms with Gasteiger partial charge in [0.25, 0.3) is 0 Å². The van der Waals surface area contributed by atoms with Gasteiger partial charge in [-0.25, -0.2) is 4.68 Å². The Morgan fingerprint density at radius 3 is 2.48 bits per heavy atom. The minimum atomic E-state index is -0.507. The van der Waals surface area contributed by atoms with Crippen molar-refractivity contribution >= 4 is 5.91 Å². The molecule has 0 N–H and O–H groups in total. The Morgan fingerprint density at radius 1 is 1.35 bits per heavy atom. The van der Waals surface area contributed by atoms with Gasteiger partial charge in [0.2, 0.25) is 12.5 Å². The van der Waals surface area contributed by atoms with Gasteiger partial charge in [-0.3, -0.25) is 14.9 Å². The number of carbonyl (C=O) groups excluding carboxylic acids is 1. The van der Waals surface area contributed by atoms with Crippen LogP contribution in [0, 0.1) is 24.0 Å². The van der Waals surface area contributed by atoms with Crippen molar-refractivity contribution < 1.29 is 14.5 Å². The Morgan fingerprint density at radius 2 is 2.00 bits per heavy atom. The van der Waals surface area contributed by atoms with Crippen molar-refractivity contribution in [1.29, 1.82) is 0 Å². The highest BCUT2D eigenvalue weighted by Crippen LogP contribution is 2.23. The van der Waals surface area contributed by atoms with Crippen molar-refractivity contribution in [3.8, 4) is 5.75 Å². The van der Waals surface area contributed by atoms with E-state index in [4.69, 9.17) is 4.74 Å². The number of aromatic nitrogens is 2. The summed E-state index contributed by atoms with van der Waals surface area (Å²) in [6.07, 6.45) is 0.0231. The minimum absolute atomic E-state index is 0.0231. The van der Waals surface area contributed by atoms with E-state index in [2.05, 4.69) is 5.10 Å². The standard InChI is InChI=1S/C16H19N3O4/c1-11-8-12(2)19(17-11)16(20)9-14(10-18(21)22)13-4-6-15(23-3)7-5-13/h4-8,14H,9-10H2,1-3H3. The monoisotopic (exact) mass is 317 g/mol. The third-order valence-electron chi connectivity index (χ3n) is 3.62. The first kappa shape index (κ1) is 16.7. The average Bonchev–Trinajstić information content (AvgIpc) is 2.85. The van der Waals surface area contributed by atoms with Crippen molar-refractivity contribution in [3.05, 3.63) is 57.4 Å². The highest BCUT2D eigenvalue weighted by atomic mass is 16.6. The van der Waals surface area contributed by atoms with Crippen LogP contribution >= 0.6 is 0 Å². The number of hydrogen-bond acceptors (Lipinski definition) is 5. The topological polar surface area (TPSA) is 87.3 Å². The molecule has 23 heavy (non-hydrogen) atoms. The van der Waals surface area contributed by atoms with Gasteiger partial charge in [-0.2, -0.15) is 5.10 Å². The molecule has 122 valence electrons. The number of methoxy groups -OCH3 is 1. The Bertz CT molecular complexity index is 707. The van der Waals surface area contributed by atoms with Crippen molar-refractivity contribution in [2.24, 2.45) is 0 Å². The summed E-state index contributed by atoms with van der Waals surface area (Å²) in [6.45, 7) is 3.28. The van der Waals surface area contributed by atoms with Crippen LogP contribution in [0.4, 0.5) is 0 Å². The maximum Gasteiger partial charge on any atom is 0.247 e. The lowest BCUT2D eigenvalue weighted by molar-refractivity contribution is -0.483. The predicted molar refractivity (Wildman–Crippen MR) is 84.5 cm³/mol. The molecule has 0 aliphatic carbocycles. The molecule has 7 heteroatoms. The fourth-order valence-electron chi connectivity index (χ4n) is 2.52. The van der Waals surface area contributed by atoms with Crippen LogP contribution in [0.3, 0.4) is 0 Å². The van der Waals surface area contributed by atoms with E-state index in [-0.39, 0.29) is 18.9 Å². The number of ether oxygens (including phenoxy) is 1. The maximum absolute atomic E-state index is 12.4. The lowest BCUT2D eigenvalue weighted by atomic mass is 9.95. The highest BCUT2D eigenvalue weighted by molar-refractivity contribution is 5.79. The lowest BCUT2D eigenvalue weighted by Crippen LogP contribution is -2.21. The van der Waals surface area contributed by atoms with E-state index < -0.39 is 10.8 Å². The summed E-state index contributed by atoms with van der Waals surface area (Å²) in [7, 11) is 1.55. The van der Waals surface area contributed by atoms with Crippen molar-refractivity contribution in [2.45, 2.75) is 26.2 Å². The highest BCUT2D eigenvalue weighted by Gasteiger charge is 2.23. The van der Waals surface area contributed by atoms with Crippen LogP contribution in [-0.2, 0) is 0 Å². The Labute approximate surface area is 134 Å². The summed E-state index contributed by atoms with van der Waals surface area (Å²) < 4.78 is 6.40. The molecule has 7 nitrogen and oxygen atoms in total. The summed E-state index contributed by atoms with van der Waals surface area (Å²) in [5.74, 6) is -0.0935. The third-order valence-corrected chi connectivity index (χ3v) is 3.62. The van der Waals surface area contributed by atoms with Gasteiger partial charge in [-0.05, 0) is 37.6 Å². The fourth-order valence-corrected chi connectivity index (χ4v) is 2.52. The second-order valence-corrected chi connectivity index (χ2v) is 5.42. The van der Waals surface area contributed by atoms with Crippen LogP contribution in [0.1, 0.15) is 34.1 Å². The molecular weight excluding hydrogens is 298 g/mol. The van der Waals surface area contributed by atoms with Crippen LogP contribution in [0.25, 0.3) is 0 Å². The zero-order valence-corrected chi connectivity index (χ0v) is 13.4. The molecule has 0 saturated carbocycles. The molecule has 0 radical (unpaired) electrons. The van der Waals surface area contributed by atoms with Gasteiger partial charge >= 0.3 is 0 Å².